The van der Waals surface area contributed by atoms with Gasteiger partial charge in [-0.25, -0.2) is 4.98 Å². The summed E-state index contributed by atoms with van der Waals surface area (Å²) in [6.45, 7) is 4.65. The van der Waals surface area contributed by atoms with Gasteiger partial charge < -0.3 is 4.74 Å². The van der Waals surface area contributed by atoms with Crippen LogP contribution in [0.5, 0.6) is 5.75 Å². The largest absolute Gasteiger partial charge is 0.484 e. The Bertz CT molecular complexity index is 508. The van der Waals surface area contributed by atoms with Gasteiger partial charge in [-0.3, -0.25) is 0 Å². The van der Waals surface area contributed by atoms with E-state index in [4.69, 9.17) is 4.74 Å². The molecule has 0 aliphatic heterocycles. The van der Waals surface area contributed by atoms with Crippen LogP contribution in [0.2, 0.25) is 0 Å². The number of pyridine rings is 1. The van der Waals surface area contributed by atoms with Crippen molar-refractivity contribution in [3.8, 4) is 5.75 Å². The summed E-state index contributed by atoms with van der Waals surface area (Å²) in [5.41, 5.74) is 2.30. The van der Waals surface area contributed by atoms with E-state index in [9.17, 15) is 4.39 Å². The number of aromatic nitrogens is 1. The summed E-state index contributed by atoms with van der Waals surface area (Å²) in [7, 11) is 0. The second-order valence-electron chi connectivity index (χ2n) is 4.48. The molecule has 0 radical (unpaired) electrons. The van der Waals surface area contributed by atoms with Crippen molar-refractivity contribution in [2.75, 3.05) is 0 Å². The maximum atomic E-state index is 13.2. The molecule has 0 spiro atoms. The van der Waals surface area contributed by atoms with Crippen molar-refractivity contribution < 1.29 is 9.13 Å². The van der Waals surface area contributed by atoms with Crippen LogP contribution in [-0.4, -0.2) is 4.98 Å². The first-order chi connectivity index (χ1) is 8.66. The van der Waals surface area contributed by atoms with Crippen LogP contribution in [-0.2, 0) is 6.61 Å². The zero-order valence-corrected chi connectivity index (χ0v) is 10.6. The van der Waals surface area contributed by atoms with Gasteiger partial charge in [0.05, 0.1) is 0 Å². The highest BCUT2D eigenvalue weighted by Crippen LogP contribution is 2.17. The molecule has 0 amide bonds. The molecule has 0 saturated heterocycles. The van der Waals surface area contributed by atoms with Crippen molar-refractivity contribution in [1.29, 1.82) is 0 Å². The minimum atomic E-state index is -0.573. The molecule has 0 atom stereocenters. The Kier molecular flexibility index (Phi) is 3.92. The summed E-state index contributed by atoms with van der Waals surface area (Å²) < 4.78 is 18.6. The number of hydrogen-bond donors (Lipinski definition) is 0. The number of ether oxygens (including phenoxy) is 1. The van der Waals surface area contributed by atoms with Gasteiger partial charge in [0.1, 0.15) is 6.61 Å². The van der Waals surface area contributed by atoms with E-state index in [0.29, 0.717) is 12.5 Å². The number of hydrogen-bond acceptors (Lipinski definition) is 2. The van der Waals surface area contributed by atoms with E-state index in [1.807, 2.05) is 12.1 Å². The molecule has 2 nitrogen and oxygen atoms in total. The van der Waals surface area contributed by atoms with Crippen LogP contribution in [0.1, 0.15) is 30.9 Å². The molecule has 0 N–H and O–H groups in total. The topological polar surface area (TPSA) is 22.1 Å². The highest BCUT2D eigenvalue weighted by atomic mass is 19.1. The average Bonchev–Trinajstić information content (AvgIpc) is 2.38. The molecule has 0 unspecified atom stereocenters. The molecule has 0 aliphatic carbocycles. The average molecular weight is 245 g/mol. The maximum Gasteiger partial charge on any atom is 0.255 e. The first-order valence-corrected chi connectivity index (χ1v) is 5.99. The van der Waals surface area contributed by atoms with Crippen molar-refractivity contribution in [2.24, 2.45) is 0 Å². The third-order valence-electron chi connectivity index (χ3n) is 2.77. The molecule has 1 heterocycles. The standard InChI is InChI=1S/C15H16FNO/c1-11(2)13-7-5-12(6-8-13)10-18-14-4-3-9-17-15(14)16/h3-9,11H,10H2,1-2H3. The third kappa shape index (κ3) is 3.06. The fourth-order valence-corrected chi connectivity index (χ4v) is 1.64. The number of rotatable bonds is 4. The smallest absolute Gasteiger partial charge is 0.255 e. The molecule has 3 heteroatoms. The van der Waals surface area contributed by atoms with Crippen molar-refractivity contribution in [1.82, 2.24) is 4.98 Å². The molecule has 1 aromatic heterocycles. The Morgan fingerprint density at radius 1 is 1.17 bits per heavy atom. The number of benzene rings is 1. The predicted molar refractivity (Wildman–Crippen MR) is 69.1 cm³/mol. The Labute approximate surface area is 106 Å². The number of halogens is 1. The van der Waals surface area contributed by atoms with Gasteiger partial charge in [-0.05, 0) is 29.2 Å². The normalized spacial score (nSPS) is 10.7. The van der Waals surface area contributed by atoms with Crippen LogP contribution < -0.4 is 4.74 Å². The van der Waals surface area contributed by atoms with Gasteiger partial charge >= 0.3 is 0 Å². The molecule has 2 rings (SSSR count). The second-order valence-corrected chi connectivity index (χ2v) is 4.48. The first kappa shape index (κ1) is 12.6. The molecule has 2 aromatic rings. The lowest BCUT2D eigenvalue weighted by atomic mass is 10.0. The van der Waals surface area contributed by atoms with Gasteiger partial charge in [0.25, 0.3) is 5.95 Å². The fraction of sp³-hybridized carbons (Fsp3) is 0.267. The Balaban J connectivity index is 2.00. The van der Waals surface area contributed by atoms with E-state index < -0.39 is 5.95 Å². The fourth-order valence-electron chi connectivity index (χ4n) is 1.64. The molecular formula is C15H16FNO. The minimum absolute atomic E-state index is 0.186. The monoisotopic (exact) mass is 245 g/mol. The van der Waals surface area contributed by atoms with Crippen LogP contribution in [0, 0.1) is 5.95 Å². The van der Waals surface area contributed by atoms with Crippen LogP contribution in [0.4, 0.5) is 4.39 Å². The van der Waals surface area contributed by atoms with E-state index in [-0.39, 0.29) is 5.75 Å². The minimum Gasteiger partial charge on any atom is -0.484 e. The van der Waals surface area contributed by atoms with Gasteiger partial charge in [0.2, 0.25) is 0 Å². The van der Waals surface area contributed by atoms with Crippen molar-refractivity contribution in [3.63, 3.8) is 0 Å². The predicted octanol–water partition coefficient (Wildman–Crippen LogP) is 3.92. The zero-order valence-electron chi connectivity index (χ0n) is 10.6. The third-order valence-corrected chi connectivity index (χ3v) is 2.77. The molecule has 0 saturated carbocycles. The lowest BCUT2D eigenvalue weighted by Gasteiger charge is -2.08. The van der Waals surface area contributed by atoms with Crippen molar-refractivity contribution in [3.05, 3.63) is 59.7 Å². The maximum absolute atomic E-state index is 13.2. The summed E-state index contributed by atoms with van der Waals surface area (Å²) in [4.78, 5) is 3.54. The SMILES string of the molecule is CC(C)c1ccc(COc2cccnc2F)cc1. The van der Waals surface area contributed by atoms with Gasteiger partial charge in [0.15, 0.2) is 5.75 Å². The summed E-state index contributed by atoms with van der Waals surface area (Å²) in [6, 6.07) is 11.4. The molecule has 0 bridgehead atoms. The summed E-state index contributed by atoms with van der Waals surface area (Å²) in [5.74, 6) is 0.123. The van der Waals surface area contributed by atoms with Gasteiger partial charge in [-0.2, -0.15) is 4.39 Å². The lowest BCUT2D eigenvalue weighted by molar-refractivity contribution is 0.286. The molecule has 94 valence electrons. The molecule has 0 fully saturated rings. The van der Waals surface area contributed by atoms with Gasteiger partial charge in [0, 0.05) is 6.20 Å². The van der Waals surface area contributed by atoms with Crippen LogP contribution in [0.15, 0.2) is 42.6 Å². The molecular weight excluding hydrogens is 229 g/mol. The Hall–Kier alpha value is -1.90. The van der Waals surface area contributed by atoms with Gasteiger partial charge in [-0.15, -0.1) is 0 Å². The van der Waals surface area contributed by atoms with E-state index in [0.717, 1.165) is 5.56 Å². The summed E-state index contributed by atoms with van der Waals surface area (Å²) >= 11 is 0. The Morgan fingerprint density at radius 2 is 1.89 bits per heavy atom. The van der Waals surface area contributed by atoms with E-state index in [2.05, 4.69) is 31.0 Å². The van der Waals surface area contributed by atoms with Crippen molar-refractivity contribution in [2.45, 2.75) is 26.4 Å². The van der Waals surface area contributed by atoms with Crippen LogP contribution in [0.3, 0.4) is 0 Å². The lowest BCUT2D eigenvalue weighted by Crippen LogP contribution is -1.99. The molecule has 0 aliphatic rings. The summed E-state index contributed by atoms with van der Waals surface area (Å²) in [5, 5.41) is 0. The highest BCUT2D eigenvalue weighted by molar-refractivity contribution is 5.25. The van der Waals surface area contributed by atoms with Crippen LogP contribution in [0.25, 0.3) is 0 Å². The second kappa shape index (κ2) is 5.63. The zero-order chi connectivity index (χ0) is 13.0. The number of nitrogens with zero attached hydrogens (tertiary/aromatic N) is 1. The Morgan fingerprint density at radius 3 is 2.50 bits per heavy atom. The highest BCUT2D eigenvalue weighted by Gasteiger charge is 2.04. The molecule has 1 aromatic carbocycles. The van der Waals surface area contributed by atoms with Gasteiger partial charge in [-0.1, -0.05) is 38.1 Å². The van der Waals surface area contributed by atoms with E-state index in [1.165, 1.54) is 11.8 Å². The van der Waals surface area contributed by atoms with E-state index in [1.54, 1.807) is 12.1 Å². The molecule has 18 heavy (non-hydrogen) atoms. The summed E-state index contributed by atoms with van der Waals surface area (Å²) in [6.07, 6.45) is 1.40. The van der Waals surface area contributed by atoms with E-state index >= 15 is 0 Å². The first-order valence-electron chi connectivity index (χ1n) is 5.99. The van der Waals surface area contributed by atoms with Crippen molar-refractivity contribution >= 4 is 0 Å². The quantitative estimate of drug-likeness (QED) is 0.761. The van der Waals surface area contributed by atoms with Crippen LogP contribution >= 0.6 is 0 Å².